The minimum absolute atomic E-state index is 0.173. The van der Waals surface area contributed by atoms with E-state index in [9.17, 15) is 0 Å². The Morgan fingerprint density at radius 3 is 1.04 bits per heavy atom. The molecule has 0 saturated heterocycles. The molecular weight excluding hydrogens is 845 g/mol. The van der Waals surface area contributed by atoms with Crippen LogP contribution in [-0.4, -0.2) is 0 Å². The standard InChI is InChI=1S/C68H74N2/c1-15-37-68(14,61-39-51(10)65(41-49(61)8)70(56-31-21-46(5)22-32-56)57-33-23-47(6)24-34-57)53-26-36-59-58-35-25-52(42-62(58)66(11,12)63(59)43-53)67(13,16-2)60-38-50(9)64(40-48(60)7)69(54-27-17-44(3)18-28-54)55-29-19-45(4)20-30-55/h17-36,38-43H,15-16,37H2,1-14H3. The van der Waals surface area contributed by atoms with Gasteiger partial charge in [0.15, 0.2) is 0 Å². The van der Waals surface area contributed by atoms with Gasteiger partial charge in [-0.25, -0.2) is 0 Å². The van der Waals surface area contributed by atoms with Crippen LogP contribution in [0.2, 0.25) is 0 Å². The van der Waals surface area contributed by atoms with Gasteiger partial charge in [0.05, 0.1) is 0 Å². The van der Waals surface area contributed by atoms with E-state index in [-0.39, 0.29) is 16.2 Å². The summed E-state index contributed by atoms with van der Waals surface area (Å²) in [5, 5.41) is 0. The Hall–Kier alpha value is -6.64. The number of fused-ring (bicyclic) bond motifs is 3. The van der Waals surface area contributed by atoms with Gasteiger partial charge in [0, 0.05) is 50.4 Å². The molecular formula is C68H74N2. The SMILES string of the molecule is CCCC(C)(c1ccc2c(c1)C(C)(C)c1cc(C(C)(CC)c3cc(C)c(N(c4ccc(C)cc4)c4ccc(C)cc4)cc3C)ccc1-2)c1cc(C)c(N(c2ccc(C)cc2)c2ccc(C)cc2)cc1C. The van der Waals surface area contributed by atoms with E-state index in [0.717, 1.165) is 19.3 Å². The first-order valence-electron chi connectivity index (χ1n) is 25.8. The largest absolute Gasteiger partial charge is 0.310 e. The molecule has 0 amide bonds. The monoisotopic (exact) mass is 919 g/mol. The van der Waals surface area contributed by atoms with Gasteiger partial charge in [-0.1, -0.05) is 167 Å². The molecule has 0 heterocycles. The highest BCUT2D eigenvalue weighted by Gasteiger charge is 2.40. The molecule has 0 bridgehead atoms. The lowest BCUT2D eigenvalue weighted by atomic mass is 9.69. The van der Waals surface area contributed by atoms with Crippen molar-refractivity contribution in [2.75, 3.05) is 9.80 Å². The van der Waals surface area contributed by atoms with E-state index in [2.05, 4.69) is 264 Å². The highest BCUT2D eigenvalue weighted by atomic mass is 15.1. The third kappa shape index (κ3) is 8.48. The van der Waals surface area contributed by atoms with E-state index in [1.807, 2.05) is 0 Å². The second-order valence-electron chi connectivity index (χ2n) is 21.8. The van der Waals surface area contributed by atoms with E-state index in [0.29, 0.717) is 0 Å². The fourth-order valence-electron chi connectivity index (χ4n) is 11.8. The maximum Gasteiger partial charge on any atom is 0.0493 e. The predicted molar refractivity (Wildman–Crippen MR) is 302 cm³/mol. The maximum atomic E-state index is 2.58. The van der Waals surface area contributed by atoms with Crippen molar-refractivity contribution >= 4 is 34.1 Å². The van der Waals surface area contributed by atoms with Crippen molar-refractivity contribution in [2.45, 2.75) is 132 Å². The molecule has 2 nitrogen and oxygen atoms in total. The van der Waals surface area contributed by atoms with Gasteiger partial charge in [-0.15, -0.1) is 0 Å². The third-order valence-electron chi connectivity index (χ3n) is 16.3. The average molecular weight is 919 g/mol. The topological polar surface area (TPSA) is 6.48 Å². The molecule has 0 saturated carbocycles. The van der Waals surface area contributed by atoms with E-state index < -0.39 is 0 Å². The number of aryl methyl sites for hydroxylation is 8. The minimum Gasteiger partial charge on any atom is -0.310 e. The van der Waals surface area contributed by atoms with Gasteiger partial charge in [-0.3, -0.25) is 0 Å². The fraction of sp³-hybridized carbons (Fsp3) is 0.294. The number of rotatable bonds is 13. The Labute approximate surface area is 421 Å². The van der Waals surface area contributed by atoms with Crippen molar-refractivity contribution in [3.63, 3.8) is 0 Å². The van der Waals surface area contributed by atoms with Crippen LogP contribution in [0.15, 0.2) is 158 Å². The van der Waals surface area contributed by atoms with Crippen molar-refractivity contribution in [1.82, 2.24) is 0 Å². The summed E-state index contributed by atoms with van der Waals surface area (Å²) in [6, 6.07) is 60.5. The van der Waals surface area contributed by atoms with Crippen molar-refractivity contribution < 1.29 is 0 Å². The number of nitrogens with zero attached hydrogens (tertiary/aromatic N) is 2. The zero-order valence-corrected chi connectivity index (χ0v) is 44.5. The second kappa shape index (κ2) is 18.6. The molecule has 2 atom stereocenters. The average Bonchev–Trinajstić information content (AvgIpc) is 3.57. The highest BCUT2D eigenvalue weighted by molar-refractivity contribution is 5.84. The Morgan fingerprint density at radius 1 is 0.386 bits per heavy atom. The van der Waals surface area contributed by atoms with Crippen LogP contribution in [0.5, 0.6) is 0 Å². The summed E-state index contributed by atoms with van der Waals surface area (Å²) in [7, 11) is 0. The normalized spacial score (nSPS) is 14.4. The van der Waals surface area contributed by atoms with Crippen molar-refractivity contribution in [3.05, 3.63) is 236 Å². The lowest BCUT2D eigenvalue weighted by Gasteiger charge is -2.36. The highest BCUT2D eigenvalue weighted by Crippen LogP contribution is 2.53. The molecule has 0 aliphatic heterocycles. The predicted octanol–water partition coefficient (Wildman–Crippen LogP) is 19.2. The molecule has 0 radical (unpaired) electrons. The molecule has 8 aromatic carbocycles. The lowest BCUT2D eigenvalue weighted by Crippen LogP contribution is -2.27. The van der Waals surface area contributed by atoms with Crippen molar-refractivity contribution in [3.8, 4) is 11.1 Å². The molecule has 1 aliphatic carbocycles. The number of hydrogen-bond acceptors (Lipinski definition) is 2. The van der Waals surface area contributed by atoms with E-state index >= 15 is 0 Å². The first-order chi connectivity index (χ1) is 33.4. The molecule has 9 rings (SSSR count). The van der Waals surface area contributed by atoms with Crippen LogP contribution in [0.4, 0.5) is 34.1 Å². The van der Waals surface area contributed by atoms with E-state index in [4.69, 9.17) is 0 Å². The number of benzene rings is 8. The van der Waals surface area contributed by atoms with Gasteiger partial charge in [-0.05, 0) is 196 Å². The second-order valence-corrected chi connectivity index (χ2v) is 21.8. The fourth-order valence-corrected chi connectivity index (χ4v) is 11.8. The van der Waals surface area contributed by atoms with E-state index in [1.54, 1.807) is 0 Å². The van der Waals surface area contributed by atoms with Gasteiger partial charge >= 0.3 is 0 Å². The first-order valence-corrected chi connectivity index (χ1v) is 25.8. The smallest absolute Gasteiger partial charge is 0.0493 e. The molecule has 0 spiro atoms. The summed E-state index contributed by atoms with van der Waals surface area (Å²) in [6.07, 6.45) is 3.14. The Kier molecular flexibility index (Phi) is 12.9. The molecule has 2 unspecified atom stereocenters. The molecule has 0 fully saturated rings. The summed E-state index contributed by atoms with van der Waals surface area (Å²) in [5.41, 5.74) is 28.0. The van der Waals surface area contributed by atoms with Crippen LogP contribution in [0, 0.1) is 55.4 Å². The molecule has 1 aliphatic rings. The Balaban J connectivity index is 1.08. The van der Waals surface area contributed by atoms with Crippen LogP contribution in [0.25, 0.3) is 11.1 Å². The van der Waals surface area contributed by atoms with Crippen LogP contribution >= 0.6 is 0 Å². The minimum atomic E-state index is -0.188. The molecule has 8 aromatic rings. The third-order valence-corrected chi connectivity index (χ3v) is 16.3. The summed E-state index contributed by atoms with van der Waals surface area (Å²) >= 11 is 0. The number of anilines is 6. The van der Waals surface area contributed by atoms with Crippen LogP contribution in [0.1, 0.15) is 139 Å². The van der Waals surface area contributed by atoms with Crippen LogP contribution in [0.3, 0.4) is 0 Å². The molecule has 0 aromatic heterocycles. The van der Waals surface area contributed by atoms with Gasteiger partial charge in [0.1, 0.15) is 0 Å². The van der Waals surface area contributed by atoms with E-state index in [1.165, 1.54) is 123 Å². The van der Waals surface area contributed by atoms with Crippen LogP contribution < -0.4 is 9.80 Å². The van der Waals surface area contributed by atoms with Gasteiger partial charge in [0.2, 0.25) is 0 Å². The zero-order chi connectivity index (χ0) is 49.9. The Bertz CT molecular complexity index is 3110. The lowest BCUT2D eigenvalue weighted by molar-refractivity contribution is 0.507. The summed E-state index contributed by atoms with van der Waals surface area (Å²) < 4.78 is 0. The summed E-state index contributed by atoms with van der Waals surface area (Å²) in [4.78, 5) is 4.85. The molecule has 2 heteroatoms. The quantitative estimate of drug-likeness (QED) is 0.114. The maximum absolute atomic E-state index is 2.58. The molecule has 356 valence electrons. The Morgan fingerprint density at radius 2 is 0.714 bits per heavy atom. The first kappa shape index (κ1) is 48.4. The van der Waals surface area contributed by atoms with Gasteiger partial charge < -0.3 is 9.80 Å². The van der Waals surface area contributed by atoms with Crippen molar-refractivity contribution in [1.29, 1.82) is 0 Å². The van der Waals surface area contributed by atoms with Gasteiger partial charge in [0.25, 0.3) is 0 Å². The molecule has 0 N–H and O–H groups in total. The van der Waals surface area contributed by atoms with Gasteiger partial charge in [-0.2, -0.15) is 0 Å². The van der Waals surface area contributed by atoms with Crippen LogP contribution in [-0.2, 0) is 16.2 Å². The molecule has 70 heavy (non-hydrogen) atoms. The zero-order valence-electron chi connectivity index (χ0n) is 44.5. The van der Waals surface area contributed by atoms with Crippen molar-refractivity contribution in [2.24, 2.45) is 0 Å². The summed E-state index contributed by atoms with van der Waals surface area (Å²) in [6.45, 7) is 32.4. The number of hydrogen-bond donors (Lipinski definition) is 0. The summed E-state index contributed by atoms with van der Waals surface area (Å²) in [5.74, 6) is 0.